The Morgan fingerprint density at radius 3 is 2.84 bits per heavy atom. The molecule has 0 aromatic carbocycles. The SMILES string of the molecule is CCC(N)C(c1ccco1)N(C)Cc1cnn(C)c1. The van der Waals surface area contributed by atoms with Crippen LogP contribution in [-0.2, 0) is 13.6 Å². The van der Waals surface area contributed by atoms with Crippen molar-refractivity contribution in [2.24, 2.45) is 12.8 Å². The quantitative estimate of drug-likeness (QED) is 0.864. The predicted molar refractivity (Wildman–Crippen MR) is 74.4 cm³/mol. The second-order valence-corrected chi connectivity index (χ2v) is 4.97. The lowest BCUT2D eigenvalue weighted by molar-refractivity contribution is 0.175. The number of aromatic nitrogens is 2. The zero-order valence-corrected chi connectivity index (χ0v) is 11.8. The number of aryl methyl sites for hydroxylation is 1. The molecular formula is C14H22N4O. The van der Waals surface area contributed by atoms with Gasteiger partial charge < -0.3 is 10.2 Å². The topological polar surface area (TPSA) is 60.2 Å². The third-order valence-electron chi connectivity index (χ3n) is 3.38. The van der Waals surface area contributed by atoms with E-state index in [-0.39, 0.29) is 12.1 Å². The van der Waals surface area contributed by atoms with Crippen molar-refractivity contribution in [2.45, 2.75) is 32.0 Å². The Morgan fingerprint density at radius 1 is 1.53 bits per heavy atom. The smallest absolute Gasteiger partial charge is 0.122 e. The van der Waals surface area contributed by atoms with E-state index in [0.29, 0.717) is 0 Å². The summed E-state index contributed by atoms with van der Waals surface area (Å²) in [5, 5.41) is 4.19. The van der Waals surface area contributed by atoms with Crippen molar-refractivity contribution in [1.82, 2.24) is 14.7 Å². The van der Waals surface area contributed by atoms with Crippen LogP contribution in [0.4, 0.5) is 0 Å². The fourth-order valence-corrected chi connectivity index (χ4v) is 2.38. The van der Waals surface area contributed by atoms with E-state index in [1.165, 1.54) is 5.56 Å². The first kappa shape index (κ1) is 13.8. The average Bonchev–Trinajstić information content (AvgIpc) is 3.01. The molecule has 2 atom stereocenters. The molecule has 5 nitrogen and oxygen atoms in total. The van der Waals surface area contributed by atoms with Crippen LogP contribution in [0, 0.1) is 0 Å². The molecule has 2 aromatic heterocycles. The standard InChI is InChI=1S/C14H22N4O/c1-4-12(15)14(13-6-5-7-19-13)17(2)9-11-8-16-18(3)10-11/h5-8,10,12,14H,4,9,15H2,1-3H3. The van der Waals surface area contributed by atoms with Gasteiger partial charge in [0.2, 0.25) is 0 Å². The minimum Gasteiger partial charge on any atom is -0.468 e. The van der Waals surface area contributed by atoms with Crippen LogP contribution in [-0.4, -0.2) is 27.8 Å². The van der Waals surface area contributed by atoms with Gasteiger partial charge in [0.1, 0.15) is 5.76 Å². The molecule has 2 aromatic rings. The molecule has 0 aliphatic carbocycles. The molecule has 2 N–H and O–H groups in total. The van der Waals surface area contributed by atoms with Crippen LogP contribution in [0.1, 0.15) is 30.7 Å². The highest BCUT2D eigenvalue weighted by Crippen LogP contribution is 2.25. The highest BCUT2D eigenvalue weighted by molar-refractivity contribution is 5.10. The summed E-state index contributed by atoms with van der Waals surface area (Å²) in [4.78, 5) is 2.21. The Morgan fingerprint density at radius 2 is 2.32 bits per heavy atom. The molecule has 0 spiro atoms. The van der Waals surface area contributed by atoms with E-state index in [1.807, 2.05) is 36.3 Å². The maximum Gasteiger partial charge on any atom is 0.122 e. The Kier molecular flexibility index (Phi) is 4.39. The van der Waals surface area contributed by atoms with Gasteiger partial charge >= 0.3 is 0 Å². The van der Waals surface area contributed by atoms with E-state index in [0.717, 1.165) is 18.7 Å². The summed E-state index contributed by atoms with van der Waals surface area (Å²) in [5.41, 5.74) is 7.42. The molecule has 2 rings (SSSR count). The first-order valence-corrected chi connectivity index (χ1v) is 6.58. The van der Waals surface area contributed by atoms with Crippen LogP contribution in [0.25, 0.3) is 0 Å². The number of nitrogens with two attached hydrogens (primary N) is 1. The first-order valence-electron chi connectivity index (χ1n) is 6.58. The van der Waals surface area contributed by atoms with E-state index in [9.17, 15) is 0 Å². The lowest BCUT2D eigenvalue weighted by Crippen LogP contribution is -2.38. The molecule has 2 heterocycles. The zero-order chi connectivity index (χ0) is 13.8. The van der Waals surface area contributed by atoms with Gasteiger partial charge in [0.25, 0.3) is 0 Å². The van der Waals surface area contributed by atoms with Crippen molar-refractivity contribution in [3.8, 4) is 0 Å². The normalized spacial score (nSPS) is 14.8. The Bertz CT molecular complexity index is 491. The molecule has 2 unspecified atom stereocenters. The largest absolute Gasteiger partial charge is 0.468 e. The van der Waals surface area contributed by atoms with Crippen LogP contribution in [0.2, 0.25) is 0 Å². The maximum atomic E-state index is 6.25. The fraction of sp³-hybridized carbons (Fsp3) is 0.500. The van der Waals surface area contributed by atoms with Crippen LogP contribution in [0.15, 0.2) is 35.2 Å². The minimum absolute atomic E-state index is 0.0489. The van der Waals surface area contributed by atoms with Gasteiger partial charge in [0.15, 0.2) is 0 Å². The summed E-state index contributed by atoms with van der Waals surface area (Å²) in [5.74, 6) is 0.917. The molecule has 5 heteroatoms. The van der Waals surface area contributed by atoms with Gasteiger partial charge in [-0.15, -0.1) is 0 Å². The summed E-state index contributed by atoms with van der Waals surface area (Å²) in [6, 6.07) is 4.02. The molecule has 0 aliphatic rings. The third-order valence-corrected chi connectivity index (χ3v) is 3.38. The molecule has 0 bridgehead atoms. The van der Waals surface area contributed by atoms with Crippen molar-refractivity contribution in [2.75, 3.05) is 7.05 Å². The van der Waals surface area contributed by atoms with Crippen molar-refractivity contribution in [3.63, 3.8) is 0 Å². The summed E-state index contributed by atoms with van der Waals surface area (Å²) < 4.78 is 7.35. The maximum absolute atomic E-state index is 6.25. The van der Waals surface area contributed by atoms with Crippen LogP contribution < -0.4 is 5.73 Å². The molecule has 104 valence electrons. The highest BCUT2D eigenvalue weighted by atomic mass is 16.3. The van der Waals surface area contributed by atoms with Gasteiger partial charge in [-0.05, 0) is 25.6 Å². The molecule has 0 saturated carbocycles. The van der Waals surface area contributed by atoms with Gasteiger partial charge in [-0.2, -0.15) is 5.10 Å². The summed E-state index contributed by atoms with van der Waals surface area (Å²) >= 11 is 0. The number of hydrogen-bond donors (Lipinski definition) is 1. The van der Waals surface area contributed by atoms with Crippen molar-refractivity contribution in [3.05, 3.63) is 42.1 Å². The third kappa shape index (κ3) is 3.24. The van der Waals surface area contributed by atoms with Crippen LogP contribution in [0.3, 0.4) is 0 Å². The molecular weight excluding hydrogens is 240 g/mol. The second-order valence-electron chi connectivity index (χ2n) is 4.97. The van der Waals surface area contributed by atoms with Gasteiger partial charge in [-0.1, -0.05) is 6.92 Å². The Hall–Kier alpha value is -1.59. The number of nitrogens with zero attached hydrogens (tertiary/aromatic N) is 3. The molecule has 0 saturated heterocycles. The summed E-state index contributed by atoms with van der Waals surface area (Å²) in [7, 11) is 3.99. The number of furan rings is 1. The first-order chi connectivity index (χ1) is 9.11. The predicted octanol–water partition coefficient (Wildman–Crippen LogP) is 1.92. The molecule has 0 amide bonds. The Labute approximate surface area is 114 Å². The van der Waals surface area contributed by atoms with E-state index in [4.69, 9.17) is 10.2 Å². The summed E-state index contributed by atoms with van der Waals surface area (Å²) in [6.45, 7) is 2.89. The van der Waals surface area contributed by atoms with E-state index >= 15 is 0 Å². The van der Waals surface area contributed by atoms with Crippen LogP contribution in [0.5, 0.6) is 0 Å². The zero-order valence-electron chi connectivity index (χ0n) is 11.8. The lowest BCUT2D eigenvalue weighted by atomic mass is 10.0. The van der Waals surface area contributed by atoms with Gasteiger partial charge in [-0.25, -0.2) is 0 Å². The summed E-state index contributed by atoms with van der Waals surface area (Å²) in [6.07, 6.45) is 6.51. The molecule has 0 radical (unpaired) electrons. The number of hydrogen-bond acceptors (Lipinski definition) is 4. The number of likely N-dealkylation sites (N-methyl/N-ethyl adjacent to an activating group) is 1. The van der Waals surface area contributed by atoms with E-state index in [1.54, 1.807) is 6.26 Å². The lowest BCUT2D eigenvalue weighted by Gasteiger charge is -2.30. The monoisotopic (exact) mass is 262 g/mol. The van der Waals surface area contributed by atoms with Crippen molar-refractivity contribution in [1.29, 1.82) is 0 Å². The van der Waals surface area contributed by atoms with Gasteiger partial charge in [0.05, 0.1) is 18.5 Å². The van der Waals surface area contributed by atoms with E-state index < -0.39 is 0 Å². The molecule has 0 aliphatic heterocycles. The van der Waals surface area contributed by atoms with Crippen LogP contribution >= 0.6 is 0 Å². The highest BCUT2D eigenvalue weighted by Gasteiger charge is 2.25. The van der Waals surface area contributed by atoms with Crippen molar-refractivity contribution >= 4 is 0 Å². The van der Waals surface area contributed by atoms with Gasteiger partial charge in [0, 0.05) is 31.4 Å². The van der Waals surface area contributed by atoms with Crippen molar-refractivity contribution < 1.29 is 4.42 Å². The average molecular weight is 262 g/mol. The van der Waals surface area contributed by atoms with E-state index in [2.05, 4.69) is 24.0 Å². The molecule has 19 heavy (non-hydrogen) atoms. The minimum atomic E-state index is 0.0489. The second kappa shape index (κ2) is 6.04. The molecule has 0 fully saturated rings. The Balaban J connectivity index is 2.14. The fourth-order valence-electron chi connectivity index (χ4n) is 2.38. The van der Waals surface area contributed by atoms with Gasteiger partial charge in [-0.3, -0.25) is 9.58 Å². The number of rotatable bonds is 6.